The normalized spacial score (nSPS) is 15.8. The highest BCUT2D eigenvalue weighted by Crippen LogP contribution is 2.27. The van der Waals surface area contributed by atoms with Crippen molar-refractivity contribution in [2.24, 2.45) is 5.92 Å². The van der Waals surface area contributed by atoms with Crippen LogP contribution in [0.4, 0.5) is 0 Å². The van der Waals surface area contributed by atoms with E-state index in [9.17, 15) is 4.79 Å². The van der Waals surface area contributed by atoms with Gasteiger partial charge in [-0.05, 0) is 35.8 Å². The number of H-pyrrole nitrogens is 1. The van der Waals surface area contributed by atoms with Gasteiger partial charge in [-0.3, -0.25) is 4.79 Å². The zero-order valence-corrected chi connectivity index (χ0v) is 12.6. The van der Waals surface area contributed by atoms with E-state index in [4.69, 9.17) is 0 Å². The number of nitrogens with zero attached hydrogens (tertiary/aromatic N) is 1. The summed E-state index contributed by atoms with van der Waals surface area (Å²) < 4.78 is 0. The number of hydrogen-bond acceptors (Lipinski definition) is 1. The Morgan fingerprint density at radius 3 is 2.74 bits per heavy atom. The van der Waals surface area contributed by atoms with Gasteiger partial charge in [0.25, 0.3) is 0 Å². The first kappa shape index (κ1) is 14.2. The van der Waals surface area contributed by atoms with E-state index in [-0.39, 0.29) is 0 Å². The molecule has 1 aromatic heterocycles. The monoisotopic (exact) mass is 262 g/mol. The topological polar surface area (TPSA) is 36.1 Å². The Bertz CT molecular complexity index is 446. The van der Waals surface area contributed by atoms with Gasteiger partial charge in [-0.1, -0.05) is 27.7 Å². The molecule has 0 spiro atoms. The summed E-state index contributed by atoms with van der Waals surface area (Å²) in [6.07, 6.45) is 4.92. The molecule has 3 nitrogen and oxygen atoms in total. The van der Waals surface area contributed by atoms with E-state index < -0.39 is 0 Å². The zero-order valence-electron chi connectivity index (χ0n) is 12.6. The number of hydrogen-bond donors (Lipinski definition) is 1. The number of amides is 1. The van der Waals surface area contributed by atoms with E-state index in [0.717, 1.165) is 25.9 Å². The van der Waals surface area contributed by atoms with E-state index >= 15 is 0 Å². The number of carbonyl (C=O) groups excluding carboxylic acids is 1. The molecule has 1 amide bonds. The lowest BCUT2D eigenvalue weighted by Gasteiger charge is -2.22. The van der Waals surface area contributed by atoms with Crippen molar-refractivity contribution in [3.8, 4) is 0 Å². The van der Waals surface area contributed by atoms with Gasteiger partial charge in [0, 0.05) is 31.4 Å². The molecule has 0 aliphatic carbocycles. The van der Waals surface area contributed by atoms with Gasteiger partial charge < -0.3 is 9.88 Å². The maximum Gasteiger partial charge on any atom is 0.223 e. The molecule has 0 saturated carbocycles. The van der Waals surface area contributed by atoms with Crippen molar-refractivity contribution >= 4 is 5.91 Å². The highest BCUT2D eigenvalue weighted by Gasteiger charge is 2.23. The Morgan fingerprint density at radius 1 is 1.37 bits per heavy atom. The van der Waals surface area contributed by atoms with Crippen LogP contribution in [0.15, 0.2) is 6.20 Å². The number of aromatic amines is 1. The summed E-state index contributed by atoms with van der Waals surface area (Å²) in [5.74, 6) is 1.25. The van der Waals surface area contributed by atoms with Crippen LogP contribution in [0.25, 0.3) is 0 Å². The van der Waals surface area contributed by atoms with Crippen LogP contribution in [0.5, 0.6) is 0 Å². The number of aromatic nitrogens is 1. The largest absolute Gasteiger partial charge is 0.364 e. The van der Waals surface area contributed by atoms with Gasteiger partial charge in [0.05, 0.1) is 0 Å². The average Bonchev–Trinajstić information content (AvgIpc) is 2.59. The predicted octanol–water partition coefficient (Wildman–Crippen LogP) is 3.46. The van der Waals surface area contributed by atoms with Crippen LogP contribution in [-0.4, -0.2) is 22.3 Å². The minimum atomic E-state index is 0.304. The third-order valence-electron chi connectivity index (χ3n) is 3.88. The van der Waals surface area contributed by atoms with Gasteiger partial charge in [0.15, 0.2) is 0 Å². The summed E-state index contributed by atoms with van der Waals surface area (Å²) in [6, 6.07) is 0. The third-order valence-corrected chi connectivity index (χ3v) is 3.88. The Morgan fingerprint density at radius 2 is 2.11 bits per heavy atom. The number of carbonyl (C=O) groups is 1. The molecule has 2 rings (SSSR count). The Kier molecular flexibility index (Phi) is 4.33. The molecule has 0 unspecified atom stereocenters. The first-order valence-electron chi connectivity index (χ1n) is 7.45. The van der Waals surface area contributed by atoms with Gasteiger partial charge in [0.1, 0.15) is 0 Å². The van der Waals surface area contributed by atoms with Crippen LogP contribution in [0.1, 0.15) is 63.3 Å². The first-order valence-corrected chi connectivity index (χ1v) is 7.45. The lowest BCUT2D eigenvalue weighted by molar-refractivity contribution is -0.132. The Hall–Kier alpha value is -1.25. The molecule has 0 atom stereocenters. The highest BCUT2D eigenvalue weighted by atomic mass is 16.2. The van der Waals surface area contributed by atoms with E-state index in [1.807, 2.05) is 4.90 Å². The van der Waals surface area contributed by atoms with Gasteiger partial charge in [-0.25, -0.2) is 0 Å². The number of fused-ring (bicyclic) bond motifs is 1. The molecule has 0 fully saturated rings. The van der Waals surface area contributed by atoms with E-state index in [1.54, 1.807) is 0 Å². The van der Waals surface area contributed by atoms with Crippen molar-refractivity contribution in [2.75, 3.05) is 6.54 Å². The van der Waals surface area contributed by atoms with Crippen LogP contribution in [0.2, 0.25) is 0 Å². The zero-order chi connectivity index (χ0) is 14.0. The van der Waals surface area contributed by atoms with E-state index in [0.29, 0.717) is 24.2 Å². The molecule has 0 aromatic carbocycles. The van der Waals surface area contributed by atoms with Crippen molar-refractivity contribution in [1.29, 1.82) is 0 Å². The number of nitrogens with one attached hydrogen (secondary N) is 1. The SMILES string of the molecule is CC(C)CC(=O)N1CCCc2[nH]cc(C(C)C)c2C1. The lowest BCUT2D eigenvalue weighted by Crippen LogP contribution is -2.31. The van der Waals surface area contributed by atoms with Crippen molar-refractivity contribution in [3.63, 3.8) is 0 Å². The molecule has 0 radical (unpaired) electrons. The minimum absolute atomic E-state index is 0.304. The second-order valence-corrected chi connectivity index (χ2v) is 6.37. The van der Waals surface area contributed by atoms with Crippen molar-refractivity contribution in [1.82, 2.24) is 9.88 Å². The van der Waals surface area contributed by atoms with Gasteiger partial charge >= 0.3 is 0 Å². The van der Waals surface area contributed by atoms with Crippen LogP contribution in [-0.2, 0) is 17.8 Å². The molecule has 0 bridgehead atoms. The van der Waals surface area contributed by atoms with Crippen molar-refractivity contribution in [2.45, 2.75) is 59.4 Å². The van der Waals surface area contributed by atoms with Crippen LogP contribution in [0, 0.1) is 5.92 Å². The summed E-state index contributed by atoms with van der Waals surface area (Å²) in [4.78, 5) is 17.7. The Balaban J connectivity index is 2.19. The number of rotatable bonds is 3. The molecule has 106 valence electrons. The maximum absolute atomic E-state index is 12.3. The fourth-order valence-electron chi connectivity index (χ4n) is 2.85. The van der Waals surface area contributed by atoms with Crippen molar-refractivity contribution in [3.05, 3.63) is 23.0 Å². The molecule has 1 aliphatic heterocycles. The molecule has 0 saturated heterocycles. The molecule has 1 aromatic rings. The number of aryl methyl sites for hydroxylation is 1. The van der Waals surface area contributed by atoms with Gasteiger partial charge in [0.2, 0.25) is 5.91 Å². The fraction of sp³-hybridized carbons (Fsp3) is 0.688. The molecule has 3 heteroatoms. The predicted molar refractivity (Wildman–Crippen MR) is 78.1 cm³/mol. The highest BCUT2D eigenvalue weighted by molar-refractivity contribution is 5.76. The van der Waals surface area contributed by atoms with Crippen LogP contribution < -0.4 is 0 Å². The molecule has 2 heterocycles. The quantitative estimate of drug-likeness (QED) is 0.889. The van der Waals surface area contributed by atoms with Crippen LogP contribution >= 0.6 is 0 Å². The lowest BCUT2D eigenvalue weighted by atomic mass is 9.99. The molecule has 1 aliphatic rings. The Labute approximate surface area is 116 Å². The molecular weight excluding hydrogens is 236 g/mol. The third kappa shape index (κ3) is 3.20. The summed E-state index contributed by atoms with van der Waals surface area (Å²) in [5.41, 5.74) is 4.08. The summed E-state index contributed by atoms with van der Waals surface area (Å²) >= 11 is 0. The molecule has 1 N–H and O–H groups in total. The first-order chi connectivity index (χ1) is 8.99. The van der Waals surface area contributed by atoms with Crippen LogP contribution in [0.3, 0.4) is 0 Å². The summed E-state index contributed by atoms with van der Waals surface area (Å²) in [5, 5.41) is 0. The van der Waals surface area contributed by atoms with Gasteiger partial charge in [-0.15, -0.1) is 0 Å². The van der Waals surface area contributed by atoms with Gasteiger partial charge in [-0.2, -0.15) is 0 Å². The maximum atomic E-state index is 12.3. The van der Waals surface area contributed by atoms with E-state index in [2.05, 4.69) is 38.9 Å². The smallest absolute Gasteiger partial charge is 0.223 e. The summed E-state index contributed by atoms with van der Waals surface area (Å²) in [6.45, 7) is 10.3. The molecule has 19 heavy (non-hydrogen) atoms. The minimum Gasteiger partial charge on any atom is -0.364 e. The molecular formula is C16H26N2O. The van der Waals surface area contributed by atoms with E-state index in [1.165, 1.54) is 16.8 Å². The van der Waals surface area contributed by atoms with Crippen molar-refractivity contribution < 1.29 is 4.79 Å². The second kappa shape index (κ2) is 5.81. The fourth-order valence-corrected chi connectivity index (χ4v) is 2.85. The summed E-state index contributed by atoms with van der Waals surface area (Å²) in [7, 11) is 0. The second-order valence-electron chi connectivity index (χ2n) is 6.37. The standard InChI is InChI=1S/C16H26N2O/c1-11(2)8-16(19)18-7-5-6-15-14(10-18)13(9-17-15)12(3)4/h9,11-12,17H,5-8,10H2,1-4H3. The average molecular weight is 262 g/mol.